The van der Waals surface area contributed by atoms with Gasteiger partial charge < -0.3 is 102 Å². The monoisotopic (exact) mass is 1910 g/mol. The molecule has 134 heavy (non-hydrogen) atoms. The van der Waals surface area contributed by atoms with E-state index in [9.17, 15) is 57.3 Å². The maximum Gasteiger partial charge on any atom is 0.329 e. The first-order valence-corrected chi connectivity index (χ1v) is 49.4. The number of halogens is 1. The molecule has 5 N–H and O–H groups in total. The number of sulfone groups is 1. The van der Waals surface area contributed by atoms with Crippen LogP contribution in [0.3, 0.4) is 0 Å². The fourth-order valence-electron chi connectivity index (χ4n) is 17.0. The van der Waals surface area contributed by atoms with Crippen molar-refractivity contribution in [1.29, 1.82) is 0 Å². The van der Waals surface area contributed by atoms with Crippen molar-refractivity contribution in [2.45, 2.75) is 263 Å². The number of esters is 2. The standard InChI is InChI=1S/C56H89NO15.C29H32FN3O6S.C16H34O6/c1-34-18-13-12-14-19-35(2)46(67-9)32-42-24-22-40(7)56(65,72-42)53(62)54(63)57-26-16-15-20-43(57)55(64)71-47(33-44(58)36(3)29-39(6)51(61)52(69-11)50(60)38(5)28-34)37(4)30-41-23-25-45(48(31-41)68-10)70-49(59)21-17-27-66-8;1-19-24(7-9-26(28(19)30)40(36,37)15-3-4-23(34)11-13-38-2)29(35)33-12-14-39-25-8-5-20(16-22(25)18-33)21-6-10-27(31)32-17-21;1-3-5-17-7-9-19-11-13-21-15-16-22-14-12-20-10-8-18-6-4-2/h12-14,18-19,29,34,36-38,40-48,51-52,58,61,65H,15-17,20-28,30-33H2,1-11H3;5-10,16-17H,3-4,11-15,18H2,1-2H3,(H2,31,32);3-16H2,1-2H3/b14-12+,18-13+,35-19+,39-29+;;/t34-,36-,37-,38-,40-,41+,42+,43+,44-,45-,46+,47+,48-,51-,52+,56-;;/m1../s1. The number of cyclic esters (lactones) is 1. The Morgan fingerprint density at radius 3 is 1.94 bits per heavy atom. The lowest BCUT2D eigenvalue weighted by Gasteiger charge is -2.43. The number of nitrogens with zero attached hydrogens (tertiary/aromatic N) is 3. The predicted molar refractivity (Wildman–Crippen MR) is 505 cm³/mol. The number of ketones is 3. The first kappa shape index (κ1) is 115. The maximum absolute atomic E-state index is 15.4. The minimum absolute atomic E-state index is 0.0103. The number of aromatic nitrogens is 1. The Balaban J connectivity index is 0.000000368. The van der Waals surface area contributed by atoms with Crippen LogP contribution in [0.5, 0.6) is 5.75 Å². The second-order valence-corrected chi connectivity index (χ2v) is 37.7. The number of Topliss-reactive ketones (excluding diaryl/α,β-unsaturated/α-hetero) is 3. The molecule has 2 bridgehead atoms. The van der Waals surface area contributed by atoms with E-state index in [-0.39, 0.29) is 130 Å². The van der Waals surface area contributed by atoms with Gasteiger partial charge in [0.25, 0.3) is 17.6 Å². The summed E-state index contributed by atoms with van der Waals surface area (Å²) in [5, 5.41) is 35.5. The number of carbonyl (C=O) groups is 7. The van der Waals surface area contributed by atoms with Gasteiger partial charge >= 0.3 is 11.9 Å². The number of benzene rings is 2. The number of pyridine rings is 1. The molecule has 33 heteroatoms. The minimum atomic E-state index is -3.99. The van der Waals surface area contributed by atoms with Crippen LogP contribution in [-0.2, 0) is 111 Å². The van der Waals surface area contributed by atoms with Gasteiger partial charge in [-0.15, -0.1) is 0 Å². The first-order valence-electron chi connectivity index (χ1n) is 47.8. The maximum atomic E-state index is 15.4. The zero-order valence-corrected chi connectivity index (χ0v) is 82.8. The number of fused-ring (bicyclic) bond motifs is 4. The van der Waals surface area contributed by atoms with E-state index >= 15 is 4.39 Å². The van der Waals surface area contributed by atoms with Crippen LogP contribution in [0, 0.1) is 48.2 Å². The van der Waals surface area contributed by atoms with Gasteiger partial charge in [0.05, 0.1) is 109 Å². The number of ether oxygens (including phenoxy) is 15. The van der Waals surface area contributed by atoms with Gasteiger partial charge in [-0.1, -0.05) is 91.0 Å². The van der Waals surface area contributed by atoms with Crippen molar-refractivity contribution < 1.29 is 133 Å². The predicted octanol–water partition coefficient (Wildman–Crippen LogP) is 12.8. The third-order valence-corrected chi connectivity index (χ3v) is 26.8. The number of rotatable bonds is 40. The van der Waals surface area contributed by atoms with Gasteiger partial charge in [0.15, 0.2) is 15.6 Å². The first-order chi connectivity index (χ1) is 64.2. The van der Waals surface area contributed by atoms with E-state index in [0.29, 0.717) is 160 Å². The smallest absolute Gasteiger partial charge is 0.329 e. The highest BCUT2D eigenvalue weighted by Crippen LogP contribution is 2.40. The topological polar surface area (TPSA) is 398 Å². The van der Waals surface area contributed by atoms with Crippen LogP contribution in [0.1, 0.15) is 206 Å². The molecular weight excluding hydrogens is 1750 g/mol. The van der Waals surface area contributed by atoms with Gasteiger partial charge in [0, 0.05) is 141 Å². The summed E-state index contributed by atoms with van der Waals surface area (Å²) < 4.78 is 125. The lowest BCUT2D eigenvalue weighted by molar-refractivity contribution is -0.265. The average molecular weight is 1910 g/mol. The number of aliphatic hydroxyl groups excluding tert-OH is 2. The highest BCUT2D eigenvalue weighted by Gasteiger charge is 2.53. The Morgan fingerprint density at radius 2 is 1.33 bits per heavy atom. The largest absolute Gasteiger partial charge is 0.491 e. The number of amides is 2. The molecule has 0 unspecified atom stereocenters. The third kappa shape index (κ3) is 37.9. The van der Waals surface area contributed by atoms with Gasteiger partial charge in [-0.25, -0.2) is 22.6 Å². The average Bonchev–Trinajstić information content (AvgIpc) is 0.880. The summed E-state index contributed by atoms with van der Waals surface area (Å²) in [6, 6.07) is 10.6. The summed E-state index contributed by atoms with van der Waals surface area (Å²) >= 11 is 0. The molecule has 0 radical (unpaired) electrons. The van der Waals surface area contributed by atoms with Gasteiger partial charge in [-0.3, -0.25) is 28.8 Å². The molecule has 0 spiro atoms. The van der Waals surface area contributed by atoms with Crippen molar-refractivity contribution in [2.24, 2.45) is 35.5 Å². The summed E-state index contributed by atoms with van der Waals surface area (Å²) in [7, 11) is 3.63. The number of allylic oxidation sites excluding steroid dienone is 5. The zero-order chi connectivity index (χ0) is 98.3. The van der Waals surface area contributed by atoms with Gasteiger partial charge in [0.1, 0.15) is 65.1 Å². The second kappa shape index (κ2) is 61.6. The van der Waals surface area contributed by atoms with Crippen LogP contribution in [-0.4, -0.2) is 294 Å². The molecule has 3 aromatic rings. The Morgan fingerprint density at radius 1 is 0.679 bits per heavy atom. The number of nitrogens with two attached hydrogens (primary N) is 1. The van der Waals surface area contributed by atoms with Crippen LogP contribution >= 0.6 is 0 Å². The van der Waals surface area contributed by atoms with Crippen molar-refractivity contribution in [3.05, 3.63) is 119 Å². The minimum Gasteiger partial charge on any atom is -0.491 e. The van der Waals surface area contributed by atoms with Crippen molar-refractivity contribution in [3.63, 3.8) is 0 Å². The summed E-state index contributed by atoms with van der Waals surface area (Å²) in [5.74, 6) is -8.64. The number of anilines is 1. The van der Waals surface area contributed by atoms with E-state index in [2.05, 4.69) is 18.8 Å². The molecule has 1 saturated carbocycles. The number of aliphatic hydroxyl groups is 3. The summed E-state index contributed by atoms with van der Waals surface area (Å²) in [4.78, 5) is 101. The van der Waals surface area contributed by atoms with Crippen molar-refractivity contribution in [2.75, 3.05) is 159 Å². The molecule has 16 atom stereocenters. The van der Waals surface area contributed by atoms with E-state index in [0.717, 1.165) is 54.4 Å². The van der Waals surface area contributed by atoms with Crippen LogP contribution in [0.15, 0.2) is 101 Å². The quantitative estimate of drug-likeness (QED) is 0.0178. The van der Waals surface area contributed by atoms with Gasteiger partial charge in [0.2, 0.25) is 5.79 Å². The molecule has 5 heterocycles. The number of carbonyl (C=O) groups excluding carboxylic acids is 7. The Labute approximate surface area is 794 Å². The lowest BCUT2D eigenvalue weighted by Crippen LogP contribution is -2.61. The van der Waals surface area contributed by atoms with E-state index in [1.54, 1.807) is 65.3 Å². The molecule has 754 valence electrons. The fraction of sp³-hybridized carbons (Fsp3) is 0.683. The molecule has 8 rings (SSSR count). The lowest BCUT2D eigenvalue weighted by atomic mass is 9.78. The van der Waals surface area contributed by atoms with Crippen molar-refractivity contribution >= 4 is 56.8 Å². The Bertz CT molecular complexity index is 4280. The second-order valence-electron chi connectivity index (χ2n) is 35.6. The summed E-state index contributed by atoms with van der Waals surface area (Å²) in [6.07, 6.45) is 15.5. The number of piperidine rings is 1. The molecule has 31 nitrogen and oxygen atoms in total. The number of nitrogen functional groups attached to an aromatic ring is 1. The summed E-state index contributed by atoms with van der Waals surface area (Å²) in [6.45, 7) is 27.6. The van der Waals surface area contributed by atoms with Gasteiger partial charge in [-0.05, 0) is 187 Å². The highest BCUT2D eigenvalue weighted by molar-refractivity contribution is 7.91. The van der Waals surface area contributed by atoms with E-state index in [4.69, 9.17) is 76.8 Å². The molecule has 5 aliphatic rings. The van der Waals surface area contributed by atoms with E-state index in [1.807, 2.05) is 82.3 Å². The number of methoxy groups -OCH3 is 5. The van der Waals surface area contributed by atoms with Gasteiger partial charge in [-0.2, -0.15) is 0 Å². The van der Waals surface area contributed by atoms with Crippen LogP contribution in [0.2, 0.25) is 0 Å². The fourth-order valence-corrected chi connectivity index (χ4v) is 18.4. The van der Waals surface area contributed by atoms with Crippen LogP contribution in [0.25, 0.3) is 11.1 Å². The SMILES string of the molecule is CCCOCCOCCOCCOCCOCCOCCC.COCCC(=O)CCCS(=O)(=O)c1ccc(C(=O)N2CCOc3ccc(-c4ccc(N)nc4)cc3C2)c(C)c1F.COCCCC(=O)O[C@@H]1CC[C@@H](C[C@@H](C)[C@@H]2C[C@@H](O)[C@H](C)/C=C(\C)[C@@H](O)[C@@H](OC)C(=O)[C@H](C)C[C@H](C)/C=C/C=C/C=C(\C)[C@@H](OC)C[C@@H]3CC[C@@H](C)[C@@](O)(O3)C(=O)C(=O)N3CCCC[C@H]3C(=O)O2)C[C@H]1OC. The summed E-state index contributed by atoms with van der Waals surface area (Å²) in [5.41, 5.74) is 9.54. The van der Waals surface area contributed by atoms with Crippen LogP contribution in [0.4, 0.5) is 10.2 Å². The molecule has 2 amide bonds. The Kier molecular flexibility index (Phi) is 52.9. The Hall–Kier alpha value is -7.68. The van der Waals surface area contributed by atoms with Crippen molar-refractivity contribution in [3.8, 4) is 16.9 Å². The normalized spacial score (nSPS) is 26.5. The molecule has 1 aromatic heterocycles. The number of hydrogen-bond acceptors (Lipinski definition) is 29. The van der Waals surface area contributed by atoms with E-state index < -0.39 is 116 Å². The molecule has 2 saturated heterocycles. The zero-order valence-electron chi connectivity index (χ0n) is 82.0. The molecule has 1 aliphatic carbocycles. The van der Waals surface area contributed by atoms with E-state index in [1.165, 1.54) is 32.1 Å². The molecule has 2 aromatic carbocycles. The van der Waals surface area contributed by atoms with Crippen LogP contribution < -0.4 is 10.5 Å². The molecule has 3 fully saturated rings. The highest BCUT2D eigenvalue weighted by atomic mass is 32.2. The number of hydrogen-bond donors (Lipinski definition) is 4. The third-order valence-electron chi connectivity index (χ3n) is 25.0. The molecule has 4 aliphatic heterocycles. The van der Waals surface area contributed by atoms with Crippen molar-refractivity contribution in [1.82, 2.24) is 14.8 Å². The molecular formula is C101H155FN4O27S.